The Morgan fingerprint density at radius 2 is 1.34 bits per heavy atom. The third kappa shape index (κ3) is 6.96. The lowest BCUT2D eigenvalue weighted by molar-refractivity contribution is -0.691. The Labute approximate surface area is 226 Å². The zero-order valence-electron chi connectivity index (χ0n) is 20.2. The normalized spacial score (nSPS) is 13.5. The van der Waals surface area contributed by atoms with Crippen LogP contribution in [0.2, 0.25) is 0 Å². The topological polar surface area (TPSA) is 90.2 Å². The first-order chi connectivity index (χ1) is 15.9. The highest BCUT2D eigenvalue weighted by Crippen LogP contribution is 2.35. The number of nitrogens with two attached hydrogens (primary N) is 1. The first-order valence-corrected chi connectivity index (χ1v) is 11.1. The van der Waals surface area contributed by atoms with Crippen LogP contribution in [-0.2, 0) is 25.6 Å². The number of hydrogen-bond donors (Lipinski definition) is 1. The predicted octanol–water partition coefficient (Wildman–Crippen LogP) is -3.80. The van der Waals surface area contributed by atoms with Crippen LogP contribution in [0.4, 0.5) is 0 Å². The van der Waals surface area contributed by atoms with E-state index in [1.807, 2.05) is 50.2 Å². The summed E-state index contributed by atoms with van der Waals surface area (Å²) in [6.45, 7) is 7.61. The van der Waals surface area contributed by atoms with Crippen molar-refractivity contribution in [1.29, 1.82) is 0 Å². The molecule has 0 atom stereocenters. The van der Waals surface area contributed by atoms with Crippen molar-refractivity contribution in [3.63, 3.8) is 0 Å². The lowest BCUT2D eigenvalue weighted by Crippen LogP contribution is -3.00. The first-order valence-electron chi connectivity index (χ1n) is 11.1. The molecule has 1 aromatic carbocycles. The third-order valence-electron chi connectivity index (χ3n) is 5.53. The molecule has 9 heteroatoms. The van der Waals surface area contributed by atoms with Gasteiger partial charge >= 0.3 is 11.9 Å². The fraction of sp³-hybridized carbons (Fsp3) is 0.308. The zero-order chi connectivity index (χ0) is 24.0. The lowest BCUT2D eigenvalue weighted by Gasteiger charge is -2.25. The summed E-state index contributed by atoms with van der Waals surface area (Å²) >= 11 is 0. The van der Waals surface area contributed by atoms with Gasteiger partial charge in [0.05, 0.1) is 13.2 Å². The smallest absolute Gasteiger partial charge is 0.340 e. The largest absolute Gasteiger partial charge is 1.00 e. The maximum atomic E-state index is 13.0. The van der Waals surface area contributed by atoms with Gasteiger partial charge in [-0.25, -0.2) is 9.59 Å². The number of nitrogens with zero attached hydrogens (tertiary/aromatic N) is 1. The summed E-state index contributed by atoms with van der Waals surface area (Å²) < 4.78 is 12.5. The van der Waals surface area contributed by atoms with Gasteiger partial charge in [0.1, 0.15) is 28.5 Å². The minimum Gasteiger partial charge on any atom is -1.00 e. The van der Waals surface area contributed by atoms with E-state index in [4.69, 9.17) is 9.47 Å². The molecule has 0 spiro atoms. The number of hydrogen-bond acceptors (Lipinski definition) is 5. The van der Waals surface area contributed by atoms with Crippen LogP contribution in [0.15, 0.2) is 77.3 Å². The van der Waals surface area contributed by atoms with E-state index < -0.39 is 17.9 Å². The van der Waals surface area contributed by atoms with Gasteiger partial charge in [-0.2, -0.15) is 4.57 Å². The van der Waals surface area contributed by atoms with Gasteiger partial charge < -0.3 is 43.4 Å². The van der Waals surface area contributed by atoms with Crippen LogP contribution in [0.3, 0.4) is 0 Å². The van der Waals surface area contributed by atoms with Crippen LogP contribution in [0.5, 0.6) is 0 Å². The Morgan fingerprint density at radius 3 is 1.86 bits per heavy atom. The Bertz CT molecular complexity index is 1090. The molecule has 1 aromatic heterocycles. The number of carbonyl (C=O) groups excluding carboxylic acids is 3. The van der Waals surface area contributed by atoms with Crippen molar-refractivity contribution in [3.8, 4) is 0 Å². The number of rotatable bonds is 8. The highest BCUT2D eigenvalue weighted by molar-refractivity contribution is 5.99. The van der Waals surface area contributed by atoms with Gasteiger partial charge in [-0.1, -0.05) is 36.4 Å². The zero-order valence-corrected chi connectivity index (χ0v) is 23.4. The molecule has 3 rings (SSSR count). The van der Waals surface area contributed by atoms with Crippen molar-refractivity contribution >= 4 is 17.7 Å². The number of Topliss-reactive ketones (excluding diaryl/α,β-unsaturated/α-hetero) is 1. The second-order valence-electron chi connectivity index (χ2n) is 7.75. The van der Waals surface area contributed by atoms with Gasteiger partial charge in [0, 0.05) is 31.5 Å². The molecular formula is C26H30Br2N2O5. The monoisotopic (exact) mass is 608 g/mol. The SMILES string of the molecule is CCOC(=O)C1=C(C)[NH2+]C(C)=C(C(=O)OCC)C1c1cccc[n+]1CC(=O)c1ccccc1.[Br-].[Br-]. The summed E-state index contributed by atoms with van der Waals surface area (Å²) in [5.41, 5.74) is 3.41. The Morgan fingerprint density at radius 1 is 0.829 bits per heavy atom. The molecule has 0 saturated heterocycles. The van der Waals surface area contributed by atoms with E-state index in [1.54, 1.807) is 42.1 Å². The molecule has 7 nitrogen and oxygen atoms in total. The summed E-state index contributed by atoms with van der Waals surface area (Å²) in [5.74, 6) is -1.78. The molecule has 188 valence electrons. The highest BCUT2D eigenvalue weighted by Gasteiger charge is 2.45. The molecule has 2 aromatic rings. The Hall–Kier alpha value is -2.62. The molecule has 1 aliphatic rings. The minimum atomic E-state index is -0.724. The molecule has 1 aliphatic heterocycles. The number of benzene rings is 1. The van der Waals surface area contributed by atoms with Crippen molar-refractivity contribution in [2.75, 3.05) is 13.2 Å². The van der Waals surface area contributed by atoms with Gasteiger partial charge in [-0.15, -0.1) is 0 Å². The number of ether oxygens (including phenoxy) is 2. The Balaban J connectivity index is 0.00000306. The van der Waals surface area contributed by atoms with Gasteiger partial charge in [-0.05, 0) is 13.8 Å². The highest BCUT2D eigenvalue weighted by atomic mass is 79.9. The van der Waals surface area contributed by atoms with E-state index in [2.05, 4.69) is 0 Å². The summed E-state index contributed by atoms with van der Waals surface area (Å²) in [6.07, 6.45) is 1.78. The fourth-order valence-corrected chi connectivity index (χ4v) is 4.12. The van der Waals surface area contributed by atoms with E-state index in [0.717, 1.165) is 0 Å². The van der Waals surface area contributed by atoms with Crippen LogP contribution in [-0.4, -0.2) is 30.9 Å². The fourth-order valence-electron chi connectivity index (χ4n) is 4.12. The number of carbonyl (C=O) groups is 3. The molecule has 2 N–H and O–H groups in total. The molecule has 2 heterocycles. The van der Waals surface area contributed by atoms with E-state index >= 15 is 0 Å². The number of halogens is 2. The average Bonchev–Trinajstić information content (AvgIpc) is 2.79. The lowest BCUT2D eigenvalue weighted by atomic mass is 9.82. The second kappa shape index (κ2) is 14.1. The second-order valence-corrected chi connectivity index (χ2v) is 7.75. The quantitative estimate of drug-likeness (QED) is 0.188. The van der Waals surface area contributed by atoms with Crippen molar-refractivity contribution in [3.05, 3.63) is 88.5 Å². The number of allylic oxidation sites excluding steroid dienone is 2. The molecule has 35 heavy (non-hydrogen) atoms. The number of ketones is 1. The van der Waals surface area contributed by atoms with Crippen LogP contribution >= 0.6 is 0 Å². The van der Waals surface area contributed by atoms with Crippen molar-refractivity contribution < 1.29 is 67.7 Å². The summed E-state index contributed by atoms with van der Waals surface area (Å²) in [4.78, 5) is 39.0. The van der Waals surface area contributed by atoms with E-state index in [0.29, 0.717) is 33.8 Å². The molecule has 0 saturated carbocycles. The van der Waals surface area contributed by atoms with Gasteiger partial charge in [0.25, 0.3) is 0 Å². The van der Waals surface area contributed by atoms with E-state index in [9.17, 15) is 14.4 Å². The van der Waals surface area contributed by atoms with Gasteiger partial charge in [-0.3, -0.25) is 10.1 Å². The first kappa shape index (κ1) is 30.4. The molecule has 0 amide bonds. The maximum Gasteiger partial charge on any atom is 0.340 e. The van der Waals surface area contributed by atoms with E-state index in [1.165, 1.54) is 0 Å². The molecule has 0 bridgehead atoms. The molecule has 0 radical (unpaired) electrons. The third-order valence-corrected chi connectivity index (χ3v) is 5.53. The van der Waals surface area contributed by atoms with Crippen LogP contribution in [0, 0.1) is 0 Å². The minimum absolute atomic E-state index is 0. The summed E-state index contributed by atoms with van der Waals surface area (Å²) in [7, 11) is 0. The molecular weight excluding hydrogens is 580 g/mol. The number of aromatic nitrogens is 1. The van der Waals surface area contributed by atoms with Crippen LogP contribution in [0.25, 0.3) is 0 Å². The van der Waals surface area contributed by atoms with Gasteiger partial charge in [0.2, 0.25) is 12.3 Å². The van der Waals surface area contributed by atoms with Crippen molar-refractivity contribution in [2.24, 2.45) is 0 Å². The van der Waals surface area contributed by atoms with E-state index in [-0.39, 0.29) is 59.5 Å². The Kier molecular flexibility index (Phi) is 12.2. The van der Waals surface area contributed by atoms with Crippen LogP contribution < -0.4 is 43.8 Å². The number of pyridine rings is 1. The number of esters is 2. The van der Waals surface area contributed by atoms with Crippen molar-refractivity contribution in [1.82, 2.24) is 0 Å². The van der Waals surface area contributed by atoms with Gasteiger partial charge in [0.15, 0.2) is 11.9 Å². The van der Waals surface area contributed by atoms with Crippen LogP contribution in [0.1, 0.15) is 49.7 Å². The summed E-state index contributed by atoms with van der Waals surface area (Å²) in [5, 5.41) is 1.80. The average molecular weight is 610 g/mol. The van der Waals surface area contributed by atoms with Crippen molar-refractivity contribution in [2.45, 2.75) is 40.2 Å². The molecule has 0 unspecified atom stereocenters. The molecule has 0 aliphatic carbocycles. The maximum absolute atomic E-state index is 13.0. The molecule has 0 fully saturated rings. The number of quaternary nitrogens is 1. The predicted molar refractivity (Wildman–Crippen MR) is 121 cm³/mol. The summed E-state index contributed by atoms with van der Waals surface area (Å²) in [6, 6.07) is 14.5. The standard InChI is InChI=1S/C26H28N2O5.2BrH/c1-5-32-25(30)22-17(3)27-18(4)23(26(31)33-6-2)24(22)20-14-10-11-15-28(20)16-21(29)19-12-8-7-9-13-19;;/h7-15,24H,5-6,16H2,1-4H3;2*1H.